The van der Waals surface area contributed by atoms with Crippen molar-refractivity contribution < 1.29 is 18.0 Å². The van der Waals surface area contributed by atoms with Crippen molar-refractivity contribution in [3.63, 3.8) is 0 Å². The third kappa shape index (κ3) is 3.20. The highest BCUT2D eigenvalue weighted by Gasteiger charge is 2.42. The zero-order valence-corrected chi connectivity index (χ0v) is 16.6. The molecule has 1 amide bonds. The summed E-state index contributed by atoms with van der Waals surface area (Å²) < 4.78 is 33.0. The summed E-state index contributed by atoms with van der Waals surface area (Å²) in [6.45, 7) is 2.10. The van der Waals surface area contributed by atoms with Gasteiger partial charge in [0.05, 0.1) is 17.0 Å². The van der Waals surface area contributed by atoms with Crippen molar-refractivity contribution >= 4 is 16.9 Å². The first-order valence-electron chi connectivity index (χ1n) is 9.80. The van der Waals surface area contributed by atoms with Gasteiger partial charge in [-0.1, -0.05) is 42.0 Å². The number of amides is 1. The number of rotatable bonds is 3. The summed E-state index contributed by atoms with van der Waals surface area (Å²) >= 11 is 0. The maximum absolute atomic E-state index is 13.8. The van der Waals surface area contributed by atoms with Gasteiger partial charge in [0.25, 0.3) is 5.91 Å². The summed E-state index contributed by atoms with van der Waals surface area (Å²) in [6.07, 6.45) is 0. The number of nitrogens with zero attached hydrogens (tertiary/aromatic N) is 1. The molecule has 1 aliphatic rings. The third-order valence-corrected chi connectivity index (χ3v) is 5.59. The Morgan fingerprint density at radius 1 is 0.903 bits per heavy atom. The van der Waals surface area contributed by atoms with Crippen LogP contribution < -0.4 is 5.43 Å². The number of hydrogen-bond donors (Lipinski definition) is 0. The molecule has 4 nitrogen and oxygen atoms in total. The first-order valence-corrected chi connectivity index (χ1v) is 9.80. The third-order valence-electron chi connectivity index (χ3n) is 5.59. The van der Waals surface area contributed by atoms with Crippen LogP contribution in [0, 0.1) is 18.6 Å². The van der Waals surface area contributed by atoms with E-state index in [2.05, 4.69) is 0 Å². The summed E-state index contributed by atoms with van der Waals surface area (Å²) in [4.78, 5) is 28.2. The molecule has 5 rings (SSSR count). The quantitative estimate of drug-likeness (QED) is 0.465. The number of halogens is 2. The van der Waals surface area contributed by atoms with Crippen LogP contribution in [0.2, 0.25) is 0 Å². The maximum atomic E-state index is 13.8. The van der Waals surface area contributed by atoms with Crippen LogP contribution in [0.25, 0.3) is 11.0 Å². The number of hydrogen-bond acceptors (Lipinski definition) is 3. The van der Waals surface area contributed by atoms with E-state index >= 15 is 0 Å². The van der Waals surface area contributed by atoms with Crippen molar-refractivity contribution in [1.82, 2.24) is 4.90 Å². The zero-order chi connectivity index (χ0) is 21.7. The fourth-order valence-corrected chi connectivity index (χ4v) is 4.04. The lowest BCUT2D eigenvalue weighted by Crippen LogP contribution is -2.29. The topological polar surface area (TPSA) is 50.5 Å². The normalized spacial score (nSPS) is 15.5. The van der Waals surface area contributed by atoms with Gasteiger partial charge in [-0.3, -0.25) is 9.59 Å². The predicted octanol–water partition coefficient (Wildman–Crippen LogP) is 5.13. The number of benzene rings is 3. The maximum Gasteiger partial charge on any atom is 0.291 e. The summed E-state index contributed by atoms with van der Waals surface area (Å²) in [5.74, 6) is -1.41. The van der Waals surface area contributed by atoms with E-state index in [1.165, 1.54) is 29.2 Å². The minimum absolute atomic E-state index is 0.0446. The molecule has 1 unspecified atom stereocenters. The molecule has 154 valence electrons. The van der Waals surface area contributed by atoms with Gasteiger partial charge in [-0.15, -0.1) is 0 Å². The molecular weight excluding hydrogens is 400 g/mol. The van der Waals surface area contributed by atoms with Crippen molar-refractivity contribution in [2.45, 2.75) is 19.5 Å². The van der Waals surface area contributed by atoms with Crippen LogP contribution in [-0.4, -0.2) is 10.8 Å². The molecule has 6 heteroatoms. The first kappa shape index (κ1) is 19.2. The van der Waals surface area contributed by atoms with E-state index in [4.69, 9.17) is 4.42 Å². The van der Waals surface area contributed by atoms with Crippen LogP contribution in [0.4, 0.5) is 8.78 Å². The summed E-state index contributed by atoms with van der Waals surface area (Å²) in [5.41, 5.74) is 2.40. The molecule has 2 heterocycles. The molecule has 0 bridgehead atoms. The van der Waals surface area contributed by atoms with E-state index in [0.717, 1.165) is 17.2 Å². The molecule has 0 aliphatic carbocycles. The fraction of sp³-hybridized carbons (Fsp3) is 0.120. The molecule has 0 radical (unpaired) electrons. The molecule has 4 aromatic rings. The van der Waals surface area contributed by atoms with Gasteiger partial charge in [-0.05, 0) is 48.4 Å². The van der Waals surface area contributed by atoms with Crippen molar-refractivity contribution in [3.05, 3.63) is 117 Å². The molecule has 1 atom stereocenters. The van der Waals surface area contributed by atoms with Crippen LogP contribution >= 0.6 is 0 Å². The van der Waals surface area contributed by atoms with Crippen LogP contribution in [-0.2, 0) is 6.54 Å². The highest BCUT2D eigenvalue weighted by atomic mass is 19.1. The average Bonchev–Trinajstić information content (AvgIpc) is 3.03. The Morgan fingerprint density at radius 2 is 1.58 bits per heavy atom. The largest absolute Gasteiger partial charge is 0.450 e. The van der Waals surface area contributed by atoms with E-state index in [0.29, 0.717) is 5.56 Å². The Kier molecular flexibility index (Phi) is 4.43. The van der Waals surface area contributed by atoms with Gasteiger partial charge in [-0.25, -0.2) is 8.78 Å². The Bertz CT molecular complexity index is 1380. The van der Waals surface area contributed by atoms with Crippen molar-refractivity contribution in [2.75, 3.05) is 0 Å². The Balaban J connectivity index is 1.72. The van der Waals surface area contributed by atoms with Gasteiger partial charge in [0, 0.05) is 6.54 Å². The molecule has 0 saturated heterocycles. The number of aryl methyl sites for hydroxylation is 1. The van der Waals surface area contributed by atoms with Gasteiger partial charge >= 0.3 is 0 Å². The van der Waals surface area contributed by atoms with Crippen LogP contribution in [0.3, 0.4) is 0 Å². The lowest BCUT2D eigenvalue weighted by atomic mass is 9.97. The molecule has 1 aliphatic heterocycles. The summed E-state index contributed by atoms with van der Waals surface area (Å²) in [7, 11) is 0. The second-order valence-electron chi connectivity index (χ2n) is 7.69. The zero-order valence-electron chi connectivity index (χ0n) is 16.6. The lowest BCUT2D eigenvalue weighted by molar-refractivity contribution is 0.0714. The first-order chi connectivity index (χ1) is 14.9. The molecule has 1 aromatic heterocycles. The molecule has 0 N–H and O–H groups in total. The van der Waals surface area contributed by atoms with Crippen molar-refractivity contribution in [3.8, 4) is 0 Å². The summed E-state index contributed by atoms with van der Waals surface area (Å²) in [6, 6.07) is 16.3. The van der Waals surface area contributed by atoms with Crippen LogP contribution in [0.5, 0.6) is 0 Å². The molecule has 0 saturated carbocycles. The van der Waals surface area contributed by atoms with E-state index in [1.54, 1.807) is 12.1 Å². The van der Waals surface area contributed by atoms with Gasteiger partial charge in [0.15, 0.2) is 5.43 Å². The van der Waals surface area contributed by atoms with Crippen LogP contribution in [0.1, 0.15) is 38.9 Å². The SMILES string of the molecule is Cc1ccc(C2c3c(oc4ccc(F)cc4c3=O)C(=O)N2Cc2ccc(F)cc2)cc1. The number of carbonyl (C=O) groups excluding carboxylic acids is 1. The molecular formula is C25H17F2NO3. The standard InChI is InChI=1S/C25H17F2NO3/c1-14-2-6-16(7-3-14)22-21-23(29)19-12-18(27)10-11-20(19)31-24(21)25(30)28(22)13-15-4-8-17(26)9-5-15/h2-12,22H,13H2,1H3. The molecule has 31 heavy (non-hydrogen) atoms. The summed E-state index contributed by atoms with van der Waals surface area (Å²) in [5, 5.41) is 0.0901. The highest BCUT2D eigenvalue weighted by molar-refractivity contribution is 5.99. The van der Waals surface area contributed by atoms with E-state index in [9.17, 15) is 18.4 Å². The van der Waals surface area contributed by atoms with E-state index < -0.39 is 23.2 Å². The minimum atomic E-state index is -0.697. The Morgan fingerprint density at radius 3 is 2.29 bits per heavy atom. The van der Waals surface area contributed by atoms with E-state index in [-0.39, 0.29) is 34.7 Å². The smallest absolute Gasteiger partial charge is 0.291 e. The van der Waals surface area contributed by atoms with Gasteiger partial charge in [0.2, 0.25) is 5.76 Å². The molecule has 3 aromatic carbocycles. The molecule has 0 fully saturated rings. The second kappa shape index (κ2) is 7.16. The van der Waals surface area contributed by atoms with Crippen molar-refractivity contribution in [1.29, 1.82) is 0 Å². The number of fused-ring (bicyclic) bond motifs is 2. The minimum Gasteiger partial charge on any atom is -0.450 e. The average molecular weight is 417 g/mol. The van der Waals surface area contributed by atoms with Gasteiger partial charge in [-0.2, -0.15) is 0 Å². The van der Waals surface area contributed by atoms with E-state index in [1.807, 2.05) is 31.2 Å². The molecule has 0 spiro atoms. The number of carbonyl (C=O) groups is 1. The van der Waals surface area contributed by atoms with Gasteiger partial charge in [0.1, 0.15) is 17.2 Å². The second-order valence-corrected chi connectivity index (χ2v) is 7.69. The highest BCUT2D eigenvalue weighted by Crippen LogP contribution is 2.39. The van der Waals surface area contributed by atoms with Crippen LogP contribution in [0.15, 0.2) is 75.9 Å². The monoisotopic (exact) mass is 417 g/mol. The lowest BCUT2D eigenvalue weighted by Gasteiger charge is -2.25. The van der Waals surface area contributed by atoms with Gasteiger partial charge < -0.3 is 9.32 Å². The fourth-order valence-electron chi connectivity index (χ4n) is 4.04. The Hall–Kier alpha value is -3.80. The van der Waals surface area contributed by atoms with Crippen molar-refractivity contribution in [2.24, 2.45) is 0 Å². The Labute approximate surface area is 176 Å². The predicted molar refractivity (Wildman–Crippen MR) is 112 cm³/mol.